The van der Waals surface area contributed by atoms with Gasteiger partial charge in [0.05, 0.1) is 5.60 Å². The average Bonchev–Trinajstić information content (AvgIpc) is 2.38. The van der Waals surface area contributed by atoms with Gasteiger partial charge >= 0.3 is 0 Å². The van der Waals surface area contributed by atoms with Gasteiger partial charge in [-0.1, -0.05) is 26.2 Å². The number of hydrogen-bond donors (Lipinski definition) is 2. The van der Waals surface area contributed by atoms with Gasteiger partial charge in [-0.3, -0.25) is 0 Å². The molecule has 0 aromatic carbocycles. The van der Waals surface area contributed by atoms with E-state index in [-0.39, 0.29) is 5.41 Å². The Morgan fingerprint density at radius 1 is 1.33 bits per heavy atom. The van der Waals surface area contributed by atoms with Gasteiger partial charge in [-0.2, -0.15) is 0 Å². The maximum atomic E-state index is 11.2. The summed E-state index contributed by atoms with van der Waals surface area (Å²) in [5.74, 6) is 0.763. The zero-order valence-electron chi connectivity index (χ0n) is 12.1. The number of β-amino-alcohol motifs (C(OH)–C–C–N with tert-alkyl or cyclic N) is 1. The number of nitrogens with zero attached hydrogens (tertiary/aromatic N) is 1. The Morgan fingerprint density at radius 2 is 2.11 bits per heavy atom. The van der Waals surface area contributed by atoms with Crippen LogP contribution in [0.2, 0.25) is 0 Å². The van der Waals surface area contributed by atoms with Crippen LogP contribution in [0.5, 0.6) is 0 Å². The molecule has 2 rings (SSSR count). The fraction of sp³-hybridized carbons (Fsp3) is 1.00. The third-order valence-electron chi connectivity index (χ3n) is 5.56. The number of nitrogens with two attached hydrogens (primary N) is 1. The van der Waals surface area contributed by atoms with Crippen LogP contribution in [0, 0.1) is 11.3 Å². The number of likely N-dealkylation sites (tertiary alicyclic amines) is 1. The lowest BCUT2D eigenvalue weighted by molar-refractivity contribution is -0.141. The smallest absolute Gasteiger partial charge is 0.0842 e. The zero-order chi connectivity index (χ0) is 13.2. The molecule has 18 heavy (non-hydrogen) atoms. The van der Waals surface area contributed by atoms with Crippen LogP contribution < -0.4 is 5.73 Å². The monoisotopic (exact) mass is 254 g/mol. The molecule has 1 aliphatic heterocycles. The van der Waals surface area contributed by atoms with Crippen molar-refractivity contribution in [1.82, 2.24) is 4.90 Å². The second kappa shape index (κ2) is 5.48. The summed E-state index contributed by atoms with van der Waals surface area (Å²) in [4.78, 5) is 2.27. The summed E-state index contributed by atoms with van der Waals surface area (Å²) in [7, 11) is 2.12. The van der Waals surface area contributed by atoms with Gasteiger partial charge < -0.3 is 15.7 Å². The minimum absolute atomic E-state index is 0.0272. The molecule has 0 aromatic heterocycles. The summed E-state index contributed by atoms with van der Waals surface area (Å²) in [5.41, 5.74) is 5.56. The van der Waals surface area contributed by atoms with Crippen molar-refractivity contribution >= 4 is 0 Å². The van der Waals surface area contributed by atoms with E-state index in [1.54, 1.807) is 0 Å². The van der Waals surface area contributed by atoms with Gasteiger partial charge in [0.15, 0.2) is 0 Å². The van der Waals surface area contributed by atoms with Crippen LogP contribution in [0.25, 0.3) is 0 Å². The molecular formula is C15H30N2O. The van der Waals surface area contributed by atoms with Crippen molar-refractivity contribution in [2.24, 2.45) is 17.1 Å². The van der Waals surface area contributed by atoms with Gasteiger partial charge in [0.2, 0.25) is 0 Å². The predicted octanol–water partition coefficient (Wildman–Crippen LogP) is 1.99. The van der Waals surface area contributed by atoms with Crippen LogP contribution in [-0.2, 0) is 0 Å². The van der Waals surface area contributed by atoms with Crippen molar-refractivity contribution in [3.05, 3.63) is 0 Å². The molecule has 1 saturated carbocycles. The molecular weight excluding hydrogens is 224 g/mol. The van der Waals surface area contributed by atoms with Crippen molar-refractivity contribution in [1.29, 1.82) is 0 Å². The summed E-state index contributed by atoms with van der Waals surface area (Å²) in [6.45, 7) is 4.84. The molecule has 0 bridgehead atoms. The quantitative estimate of drug-likeness (QED) is 0.810. The predicted molar refractivity (Wildman–Crippen MR) is 75.4 cm³/mol. The maximum Gasteiger partial charge on any atom is 0.0842 e. The lowest BCUT2D eigenvalue weighted by atomic mass is 9.58. The molecule has 1 heterocycles. The van der Waals surface area contributed by atoms with Crippen molar-refractivity contribution in [2.45, 2.75) is 57.5 Å². The first kappa shape index (κ1) is 14.3. The van der Waals surface area contributed by atoms with E-state index in [0.29, 0.717) is 6.54 Å². The van der Waals surface area contributed by atoms with Gasteiger partial charge in [0.1, 0.15) is 0 Å². The third-order valence-corrected chi connectivity index (χ3v) is 5.56. The Bertz CT molecular complexity index is 284. The van der Waals surface area contributed by atoms with Gasteiger partial charge in [0.25, 0.3) is 0 Å². The first-order chi connectivity index (χ1) is 8.55. The Hall–Kier alpha value is -0.120. The fourth-order valence-electron chi connectivity index (χ4n) is 4.31. The first-order valence-corrected chi connectivity index (χ1v) is 7.66. The number of likely N-dealkylation sites (N-methyl/N-ethyl adjacent to an activating group) is 1. The molecule has 3 N–H and O–H groups in total. The van der Waals surface area contributed by atoms with Gasteiger partial charge in [-0.25, -0.2) is 0 Å². The van der Waals surface area contributed by atoms with Crippen molar-refractivity contribution in [2.75, 3.05) is 26.7 Å². The molecule has 3 unspecified atom stereocenters. The molecule has 0 aromatic rings. The number of aliphatic hydroxyl groups is 1. The second-order valence-corrected chi connectivity index (χ2v) is 6.73. The van der Waals surface area contributed by atoms with Crippen molar-refractivity contribution in [3.8, 4) is 0 Å². The Balaban J connectivity index is 2.19. The van der Waals surface area contributed by atoms with E-state index < -0.39 is 5.60 Å². The zero-order valence-corrected chi connectivity index (χ0v) is 12.1. The largest absolute Gasteiger partial charge is 0.388 e. The number of hydrogen-bond acceptors (Lipinski definition) is 3. The summed E-state index contributed by atoms with van der Waals surface area (Å²) in [5, 5.41) is 11.2. The Morgan fingerprint density at radius 3 is 2.72 bits per heavy atom. The molecule has 0 radical (unpaired) electrons. The maximum absolute atomic E-state index is 11.2. The highest BCUT2D eigenvalue weighted by Gasteiger charge is 2.52. The van der Waals surface area contributed by atoms with E-state index in [1.807, 2.05) is 0 Å². The molecule has 1 aliphatic carbocycles. The highest BCUT2D eigenvalue weighted by Crippen LogP contribution is 2.50. The Kier molecular flexibility index (Phi) is 4.35. The van der Waals surface area contributed by atoms with Crippen molar-refractivity contribution < 1.29 is 5.11 Å². The highest BCUT2D eigenvalue weighted by atomic mass is 16.3. The van der Waals surface area contributed by atoms with Crippen LogP contribution in [0.1, 0.15) is 51.9 Å². The van der Waals surface area contributed by atoms with Gasteiger partial charge in [0, 0.05) is 18.5 Å². The minimum atomic E-state index is -0.553. The van der Waals surface area contributed by atoms with E-state index in [4.69, 9.17) is 5.73 Å². The van der Waals surface area contributed by atoms with E-state index in [9.17, 15) is 5.11 Å². The topological polar surface area (TPSA) is 49.5 Å². The normalized spacial score (nSPS) is 43.0. The molecule has 1 saturated heterocycles. The second-order valence-electron chi connectivity index (χ2n) is 6.73. The molecule has 2 fully saturated rings. The molecule has 106 valence electrons. The lowest BCUT2D eigenvalue weighted by Crippen LogP contribution is -2.61. The average molecular weight is 254 g/mol. The molecule has 2 aliphatic rings. The molecule has 0 spiro atoms. The van der Waals surface area contributed by atoms with E-state index in [1.165, 1.54) is 19.3 Å². The summed E-state index contributed by atoms with van der Waals surface area (Å²) in [6.07, 6.45) is 8.07. The van der Waals surface area contributed by atoms with Gasteiger partial charge in [-0.15, -0.1) is 0 Å². The van der Waals surface area contributed by atoms with E-state index in [0.717, 1.165) is 44.7 Å². The highest BCUT2D eigenvalue weighted by molar-refractivity contribution is 5.05. The van der Waals surface area contributed by atoms with E-state index >= 15 is 0 Å². The lowest BCUT2D eigenvalue weighted by Gasteiger charge is -2.54. The Labute approximate surface area is 112 Å². The standard InChI is InChI=1S/C15H30N2O/c1-3-13-6-4-7-14(10-13,11-16)15(18)8-5-9-17(2)12-15/h13,18H,3-12,16H2,1-2H3. The molecule has 3 heteroatoms. The molecule has 0 amide bonds. The molecule has 3 atom stereocenters. The molecule has 3 nitrogen and oxygen atoms in total. The van der Waals surface area contributed by atoms with Crippen molar-refractivity contribution in [3.63, 3.8) is 0 Å². The number of rotatable bonds is 3. The van der Waals surface area contributed by atoms with Crippen LogP contribution in [0.4, 0.5) is 0 Å². The summed E-state index contributed by atoms with van der Waals surface area (Å²) >= 11 is 0. The van der Waals surface area contributed by atoms with Crippen LogP contribution in [0.3, 0.4) is 0 Å². The fourth-order valence-corrected chi connectivity index (χ4v) is 4.31. The SMILES string of the molecule is CCC1CCCC(CN)(C2(O)CCCN(C)C2)C1. The van der Waals surface area contributed by atoms with E-state index in [2.05, 4.69) is 18.9 Å². The van der Waals surface area contributed by atoms with Crippen LogP contribution in [0.15, 0.2) is 0 Å². The first-order valence-electron chi connectivity index (χ1n) is 7.66. The third kappa shape index (κ3) is 2.45. The summed E-state index contributed by atoms with van der Waals surface area (Å²) in [6, 6.07) is 0. The van der Waals surface area contributed by atoms with Crippen LogP contribution in [-0.4, -0.2) is 42.3 Å². The van der Waals surface area contributed by atoms with Gasteiger partial charge in [-0.05, 0) is 45.2 Å². The number of piperidine rings is 1. The van der Waals surface area contributed by atoms with Crippen LogP contribution >= 0.6 is 0 Å². The minimum Gasteiger partial charge on any atom is -0.388 e. The summed E-state index contributed by atoms with van der Waals surface area (Å²) < 4.78 is 0.